The molecule has 0 spiro atoms. The van der Waals surface area contributed by atoms with Crippen LogP contribution in [0, 0.1) is 6.92 Å². The number of para-hydroxylation sites is 1. The van der Waals surface area contributed by atoms with Crippen LogP contribution in [0.15, 0.2) is 58.7 Å². The maximum atomic E-state index is 6.41. The Morgan fingerprint density at radius 1 is 1.00 bits per heavy atom. The molecule has 94 valence electrons. The Labute approximate surface area is 117 Å². The number of benzene rings is 2. The number of halogens is 1. The van der Waals surface area contributed by atoms with Crippen molar-refractivity contribution in [1.82, 2.24) is 0 Å². The Bertz CT molecular complexity index is 687. The summed E-state index contributed by atoms with van der Waals surface area (Å²) in [5.41, 5.74) is 8.06. The third-order valence-corrected chi connectivity index (χ3v) is 3.45. The summed E-state index contributed by atoms with van der Waals surface area (Å²) in [6, 6.07) is 16.0. The van der Waals surface area contributed by atoms with Crippen LogP contribution in [0.5, 0.6) is 0 Å². The number of hydrogen-bond acceptors (Lipinski definition) is 2. The number of allylic oxidation sites excluding steroid dienone is 1. The van der Waals surface area contributed by atoms with E-state index in [0.717, 1.165) is 28.1 Å². The molecule has 1 heterocycles. The summed E-state index contributed by atoms with van der Waals surface area (Å²) in [5.74, 6) is 0. The highest BCUT2D eigenvalue weighted by Crippen LogP contribution is 2.26. The number of rotatable bonds is 1. The van der Waals surface area contributed by atoms with Gasteiger partial charge < -0.3 is 0 Å². The van der Waals surface area contributed by atoms with E-state index in [1.807, 2.05) is 48.5 Å². The molecule has 19 heavy (non-hydrogen) atoms. The van der Waals surface area contributed by atoms with Gasteiger partial charge in [-0.15, -0.1) is 0 Å². The lowest BCUT2D eigenvalue weighted by atomic mass is 10.0. The lowest BCUT2D eigenvalue weighted by Gasteiger charge is -2.07. The molecule has 3 heteroatoms. The number of fused-ring (bicyclic) bond motifs is 1. The van der Waals surface area contributed by atoms with Crippen molar-refractivity contribution in [2.45, 2.75) is 6.92 Å². The van der Waals surface area contributed by atoms with Crippen LogP contribution in [-0.4, -0.2) is 5.71 Å². The van der Waals surface area contributed by atoms with Crippen LogP contribution in [-0.2, 0) is 0 Å². The zero-order chi connectivity index (χ0) is 13.2. The van der Waals surface area contributed by atoms with Crippen molar-refractivity contribution < 1.29 is 0 Å². The molecule has 0 fully saturated rings. The minimum Gasteiger partial charge on any atom is -0.277 e. The van der Waals surface area contributed by atoms with Gasteiger partial charge in [-0.3, -0.25) is 5.43 Å². The standard InChI is InChI=1S/C16H13ClN2/c1-11-6-2-4-8-13(11)16-14(17)10-12-7-3-5-9-15(12)18-19-16/h2-10,18H,1H3. The fourth-order valence-electron chi connectivity index (χ4n) is 2.13. The molecule has 0 aromatic heterocycles. The predicted molar refractivity (Wildman–Crippen MR) is 81.6 cm³/mol. The Kier molecular flexibility index (Phi) is 3.10. The SMILES string of the molecule is Cc1ccccc1C1=NNc2ccccc2C=C1Cl. The van der Waals surface area contributed by atoms with Gasteiger partial charge in [0, 0.05) is 11.1 Å². The van der Waals surface area contributed by atoms with E-state index in [0.29, 0.717) is 5.03 Å². The monoisotopic (exact) mass is 268 g/mol. The molecular formula is C16H13ClN2. The summed E-state index contributed by atoms with van der Waals surface area (Å²) in [6.45, 7) is 2.06. The van der Waals surface area contributed by atoms with Gasteiger partial charge >= 0.3 is 0 Å². The zero-order valence-electron chi connectivity index (χ0n) is 10.5. The largest absolute Gasteiger partial charge is 0.277 e. The Balaban J connectivity index is 2.11. The third kappa shape index (κ3) is 2.27. The molecule has 0 saturated carbocycles. The van der Waals surface area contributed by atoms with Gasteiger partial charge in [-0.05, 0) is 24.6 Å². The zero-order valence-corrected chi connectivity index (χ0v) is 11.3. The van der Waals surface area contributed by atoms with E-state index in [2.05, 4.69) is 23.5 Å². The summed E-state index contributed by atoms with van der Waals surface area (Å²) in [4.78, 5) is 0. The molecule has 2 aromatic carbocycles. The maximum absolute atomic E-state index is 6.41. The van der Waals surface area contributed by atoms with Gasteiger partial charge in [0.05, 0.1) is 10.7 Å². The molecule has 0 amide bonds. The van der Waals surface area contributed by atoms with E-state index in [1.54, 1.807) is 0 Å². The Morgan fingerprint density at radius 3 is 2.58 bits per heavy atom. The fourth-order valence-corrected chi connectivity index (χ4v) is 2.39. The molecule has 0 bridgehead atoms. The molecule has 0 saturated heterocycles. The fraction of sp³-hybridized carbons (Fsp3) is 0.0625. The minimum atomic E-state index is 0.645. The highest BCUT2D eigenvalue weighted by atomic mass is 35.5. The first-order chi connectivity index (χ1) is 9.25. The van der Waals surface area contributed by atoms with Crippen molar-refractivity contribution in [2.75, 3.05) is 5.43 Å². The second-order valence-electron chi connectivity index (χ2n) is 4.47. The Hall–Kier alpha value is -2.06. The minimum absolute atomic E-state index is 0.645. The van der Waals surface area contributed by atoms with Crippen molar-refractivity contribution >= 4 is 29.1 Å². The van der Waals surface area contributed by atoms with E-state index >= 15 is 0 Å². The molecule has 0 unspecified atom stereocenters. The van der Waals surface area contributed by atoms with Crippen LogP contribution in [0.3, 0.4) is 0 Å². The van der Waals surface area contributed by atoms with Gasteiger partial charge in [-0.1, -0.05) is 54.1 Å². The van der Waals surface area contributed by atoms with Gasteiger partial charge in [-0.25, -0.2) is 0 Å². The summed E-state index contributed by atoms with van der Waals surface area (Å²) in [6.07, 6.45) is 1.95. The molecular weight excluding hydrogens is 256 g/mol. The van der Waals surface area contributed by atoms with E-state index in [-0.39, 0.29) is 0 Å². The van der Waals surface area contributed by atoms with Gasteiger partial charge in [0.25, 0.3) is 0 Å². The Morgan fingerprint density at radius 2 is 1.74 bits per heavy atom. The molecule has 2 nitrogen and oxygen atoms in total. The first-order valence-electron chi connectivity index (χ1n) is 6.12. The van der Waals surface area contributed by atoms with Crippen molar-refractivity contribution in [3.05, 3.63) is 70.3 Å². The lowest BCUT2D eigenvalue weighted by Crippen LogP contribution is -2.05. The molecule has 1 aliphatic rings. The van der Waals surface area contributed by atoms with Crippen molar-refractivity contribution in [2.24, 2.45) is 5.10 Å². The lowest BCUT2D eigenvalue weighted by molar-refractivity contribution is 1.32. The van der Waals surface area contributed by atoms with Crippen LogP contribution in [0.2, 0.25) is 0 Å². The first kappa shape index (κ1) is 12.0. The third-order valence-electron chi connectivity index (χ3n) is 3.16. The van der Waals surface area contributed by atoms with Crippen LogP contribution in [0.25, 0.3) is 6.08 Å². The number of nitrogens with zero attached hydrogens (tertiary/aromatic N) is 1. The van der Waals surface area contributed by atoms with Crippen molar-refractivity contribution in [3.63, 3.8) is 0 Å². The normalized spacial score (nSPS) is 13.8. The molecule has 1 aliphatic heterocycles. The van der Waals surface area contributed by atoms with Crippen LogP contribution >= 0.6 is 11.6 Å². The van der Waals surface area contributed by atoms with Crippen LogP contribution in [0.4, 0.5) is 5.69 Å². The smallest absolute Gasteiger partial charge is 0.109 e. The number of nitrogens with one attached hydrogen (secondary N) is 1. The number of aryl methyl sites for hydroxylation is 1. The molecule has 2 aromatic rings. The van der Waals surface area contributed by atoms with Crippen molar-refractivity contribution in [1.29, 1.82) is 0 Å². The number of hydrogen-bond donors (Lipinski definition) is 1. The van der Waals surface area contributed by atoms with Gasteiger partial charge in [0.2, 0.25) is 0 Å². The second-order valence-corrected chi connectivity index (χ2v) is 4.87. The van der Waals surface area contributed by atoms with Crippen molar-refractivity contribution in [3.8, 4) is 0 Å². The van der Waals surface area contributed by atoms with Gasteiger partial charge in [0.1, 0.15) is 5.71 Å². The first-order valence-corrected chi connectivity index (χ1v) is 6.50. The summed E-state index contributed by atoms with van der Waals surface area (Å²) in [7, 11) is 0. The summed E-state index contributed by atoms with van der Waals surface area (Å²) >= 11 is 6.41. The van der Waals surface area contributed by atoms with Gasteiger partial charge in [0.15, 0.2) is 0 Å². The van der Waals surface area contributed by atoms with E-state index in [1.165, 1.54) is 0 Å². The maximum Gasteiger partial charge on any atom is 0.109 e. The van der Waals surface area contributed by atoms with Gasteiger partial charge in [-0.2, -0.15) is 5.10 Å². The number of anilines is 1. The average Bonchev–Trinajstić information content (AvgIpc) is 2.58. The number of hydrazone groups is 1. The highest BCUT2D eigenvalue weighted by molar-refractivity contribution is 6.48. The molecule has 0 atom stereocenters. The van der Waals surface area contributed by atoms with Crippen LogP contribution in [0.1, 0.15) is 16.7 Å². The quantitative estimate of drug-likeness (QED) is 0.814. The predicted octanol–water partition coefficient (Wildman–Crippen LogP) is 4.40. The molecule has 0 aliphatic carbocycles. The average molecular weight is 269 g/mol. The summed E-state index contributed by atoms with van der Waals surface area (Å²) < 4.78 is 0. The molecule has 1 N–H and O–H groups in total. The summed E-state index contributed by atoms with van der Waals surface area (Å²) in [5, 5.41) is 5.09. The topological polar surface area (TPSA) is 24.4 Å². The molecule has 3 rings (SSSR count). The van der Waals surface area contributed by atoms with Crippen LogP contribution < -0.4 is 5.43 Å². The van der Waals surface area contributed by atoms with E-state index in [9.17, 15) is 0 Å². The highest BCUT2D eigenvalue weighted by Gasteiger charge is 2.14. The van der Waals surface area contributed by atoms with E-state index < -0.39 is 0 Å². The van der Waals surface area contributed by atoms with E-state index in [4.69, 9.17) is 11.6 Å². The molecule has 0 radical (unpaired) electrons. The second kappa shape index (κ2) is 4.90.